The lowest BCUT2D eigenvalue weighted by atomic mass is 10.0. The third-order valence-corrected chi connectivity index (χ3v) is 3.36. The smallest absolute Gasteiger partial charge is 0.127 e. The van der Waals surface area contributed by atoms with E-state index in [1.165, 1.54) is 11.1 Å². The summed E-state index contributed by atoms with van der Waals surface area (Å²) in [5.74, 6) is 1.68. The van der Waals surface area contributed by atoms with Gasteiger partial charge in [0.15, 0.2) is 0 Å². The van der Waals surface area contributed by atoms with Gasteiger partial charge in [0.2, 0.25) is 0 Å². The van der Waals surface area contributed by atoms with Crippen molar-refractivity contribution < 1.29 is 9.47 Å². The van der Waals surface area contributed by atoms with Gasteiger partial charge in [-0.05, 0) is 25.3 Å². The molecule has 0 aliphatic carbocycles. The van der Waals surface area contributed by atoms with Crippen LogP contribution in [-0.2, 0) is 17.7 Å². The SMILES string of the molecule is CC(C)COCCNCc1cccc2c1OC(C)(C)C2. The molecule has 0 saturated carbocycles. The number of ether oxygens (including phenoxy) is 2. The molecule has 0 bridgehead atoms. The maximum atomic E-state index is 6.06. The minimum Gasteiger partial charge on any atom is -0.487 e. The maximum absolute atomic E-state index is 6.06. The lowest BCUT2D eigenvalue weighted by Crippen LogP contribution is -2.25. The van der Waals surface area contributed by atoms with E-state index in [1.54, 1.807) is 0 Å². The van der Waals surface area contributed by atoms with Crippen LogP contribution in [0.2, 0.25) is 0 Å². The molecule has 0 aromatic heterocycles. The minimum atomic E-state index is -0.0706. The third-order valence-electron chi connectivity index (χ3n) is 3.36. The molecular weight excluding hydrogens is 250 g/mol. The van der Waals surface area contributed by atoms with Crippen LogP contribution in [0.25, 0.3) is 0 Å². The van der Waals surface area contributed by atoms with E-state index in [4.69, 9.17) is 9.47 Å². The quantitative estimate of drug-likeness (QED) is 0.777. The molecule has 0 fully saturated rings. The van der Waals surface area contributed by atoms with Gasteiger partial charge in [-0.15, -0.1) is 0 Å². The number of rotatable bonds is 7. The molecule has 0 amide bonds. The first-order chi connectivity index (χ1) is 9.48. The van der Waals surface area contributed by atoms with E-state index >= 15 is 0 Å². The Bertz CT molecular complexity index is 441. The van der Waals surface area contributed by atoms with Gasteiger partial charge in [0.05, 0.1) is 6.61 Å². The predicted molar refractivity (Wildman–Crippen MR) is 82.2 cm³/mol. The van der Waals surface area contributed by atoms with E-state index in [2.05, 4.69) is 51.2 Å². The molecule has 1 aliphatic heterocycles. The van der Waals surface area contributed by atoms with Crippen LogP contribution >= 0.6 is 0 Å². The van der Waals surface area contributed by atoms with Crippen LogP contribution in [-0.4, -0.2) is 25.4 Å². The summed E-state index contributed by atoms with van der Waals surface area (Å²) in [7, 11) is 0. The van der Waals surface area contributed by atoms with Crippen LogP contribution in [0.15, 0.2) is 18.2 Å². The van der Waals surface area contributed by atoms with Crippen molar-refractivity contribution in [1.82, 2.24) is 5.32 Å². The molecular formula is C17H27NO2. The van der Waals surface area contributed by atoms with Gasteiger partial charge in [-0.2, -0.15) is 0 Å². The van der Waals surface area contributed by atoms with Crippen molar-refractivity contribution in [3.63, 3.8) is 0 Å². The monoisotopic (exact) mass is 277 g/mol. The van der Waals surface area contributed by atoms with E-state index in [9.17, 15) is 0 Å². The molecule has 0 atom stereocenters. The summed E-state index contributed by atoms with van der Waals surface area (Å²) in [6.45, 7) is 11.9. The van der Waals surface area contributed by atoms with Gasteiger partial charge in [-0.1, -0.05) is 32.0 Å². The van der Waals surface area contributed by atoms with Crippen molar-refractivity contribution in [2.75, 3.05) is 19.8 Å². The highest BCUT2D eigenvalue weighted by molar-refractivity contribution is 5.45. The Hall–Kier alpha value is -1.06. The first-order valence-electron chi connectivity index (χ1n) is 7.56. The second-order valence-corrected chi connectivity index (χ2v) is 6.59. The van der Waals surface area contributed by atoms with Crippen LogP contribution in [0.3, 0.4) is 0 Å². The number of hydrogen-bond acceptors (Lipinski definition) is 3. The number of fused-ring (bicyclic) bond motifs is 1. The van der Waals surface area contributed by atoms with Gasteiger partial charge < -0.3 is 14.8 Å². The summed E-state index contributed by atoms with van der Waals surface area (Å²) in [5.41, 5.74) is 2.50. The summed E-state index contributed by atoms with van der Waals surface area (Å²) in [4.78, 5) is 0. The van der Waals surface area contributed by atoms with E-state index in [1.807, 2.05) is 0 Å². The van der Waals surface area contributed by atoms with E-state index in [-0.39, 0.29) is 5.60 Å². The first-order valence-corrected chi connectivity index (χ1v) is 7.56. The number of para-hydroxylation sites is 1. The summed E-state index contributed by atoms with van der Waals surface area (Å²) >= 11 is 0. The minimum absolute atomic E-state index is 0.0706. The lowest BCUT2D eigenvalue weighted by Gasteiger charge is -2.18. The molecule has 20 heavy (non-hydrogen) atoms. The largest absolute Gasteiger partial charge is 0.487 e. The standard InChI is InChI=1S/C17H27NO2/c1-13(2)12-19-9-8-18-11-15-7-5-6-14-10-17(3,4)20-16(14)15/h5-7,13,18H,8-12H2,1-4H3. The Labute approximate surface area is 122 Å². The normalized spacial score (nSPS) is 16.2. The van der Waals surface area contributed by atoms with E-state index < -0.39 is 0 Å². The molecule has 1 N–H and O–H groups in total. The van der Waals surface area contributed by atoms with Gasteiger partial charge in [-0.3, -0.25) is 0 Å². The Balaban J connectivity index is 1.79. The second-order valence-electron chi connectivity index (χ2n) is 6.59. The molecule has 3 heteroatoms. The third kappa shape index (κ3) is 4.22. The average molecular weight is 277 g/mol. The second kappa shape index (κ2) is 6.59. The van der Waals surface area contributed by atoms with Crippen LogP contribution in [0.5, 0.6) is 5.75 Å². The highest BCUT2D eigenvalue weighted by Crippen LogP contribution is 2.37. The van der Waals surface area contributed by atoms with E-state index in [0.717, 1.165) is 38.5 Å². The molecule has 1 aromatic rings. The average Bonchev–Trinajstić information content (AvgIpc) is 2.67. The van der Waals surface area contributed by atoms with Gasteiger partial charge in [0.1, 0.15) is 11.4 Å². The van der Waals surface area contributed by atoms with Gasteiger partial charge in [-0.25, -0.2) is 0 Å². The van der Waals surface area contributed by atoms with Crippen molar-refractivity contribution in [2.45, 2.75) is 46.3 Å². The topological polar surface area (TPSA) is 30.5 Å². The fourth-order valence-corrected chi connectivity index (χ4v) is 2.50. The molecule has 1 aliphatic rings. The molecule has 0 radical (unpaired) electrons. The molecule has 1 heterocycles. The maximum Gasteiger partial charge on any atom is 0.127 e. The van der Waals surface area contributed by atoms with Crippen LogP contribution in [0.1, 0.15) is 38.8 Å². The number of benzene rings is 1. The first kappa shape index (κ1) is 15.3. The van der Waals surface area contributed by atoms with Crippen molar-refractivity contribution in [3.05, 3.63) is 29.3 Å². The summed E-state index contributed by atoms with van der Waals surface area (Å²) in [6.07, 6.45) is 0.994. The zero-order valence-electron chi connectivity index (χ0n) is 13.2. The predicted octanol–water partition coefficient (Wildman–Crippen LogP) is 3.16. The number of nitrogens with one attached hydrogen (secondary N) is 1. The van der Waals surface area contributed by atoms with Gasteiger partial charge in [0, 0.05) is 31.7 Å². The van der Waals surface area contributed by atoms with Crippen molar-refractivity contribution in [3.8, 4) is 5.75 Å². The summed E-state index contributed by atoms with van der Waals surface area (Å²) in [6, 6.07) is 6.43. The van der Waals surface area contributed by atoms with Crippen molar-refractivity contribution >= 4 is 0 Å². The molecule has 3 nitrogen and oxygen atoms in total. The van der Waals surface area contributed by atoms with Gasteiger partial charge in [0.25, 0.3) is 0 Å². The Kier molecular flexibility index (Phi) is 5.06. The molecule has 1 aromatic carbocycles. The lowest BCUT2D eigenvalue weighted by molar-refractivity contribution is 0.111. The zero-order valence-corrected chi connectivity index (χ0v) is 13.2. The fraction of sp³-hybridized carbons (Fsp3) is 0.647. The van der Waals surface area contributed by atoms with Crippen molar-refractivity contribution in [2.24, 2.45) is 5.92 Å². The highest BCUT2D eigenvalue weighted by atomic mass is 16.5. The van der Waals surface area contributed by atoms with Crippen molar-refractivity contribution in [1.29, 1.82) is 0 Å². The molecule has 112 valence electrons. The fourth-order valence-electron chi connectivity index (χ4n) is 2.50. The highest BCUT2D eigenvalue weighted by Gasteiger charge is 2.31. The Morgan fingerprint density at radius 1 is 1.35 bits per heavy atom. The summed E-state index contributed by atoms with van der Waals surface area (Å²) < 4.78 is 11.6. The van der Waals surface area contributed by atoms with Crippen LogP contribution in [0.4, 0.5) is 0 Å². The van der Waals surface area contributed by atoms with Crippen LogP contribution < -0.4 is 10.1 Å². The number of hydrogen-bond donors (Lipinski definition) is 1. The summed E-state index contributed by atoms with van der Waals surface area (Å²) in [5, 5.41) is 3.43. The van der Waals surface area contributed by atoms with E-state index in [0.29, 0.717) is 5.92 Å². The molecule has 0 saturated heterocycles. The molecule has 2 rings (SSSR count). The van der Waals surface area contributed by atoms with Crippen LogP contribution in [0, 0.1) is 5.92 Å². The Morgan fingerprint density at radius 3 is 2.90 bits per heavy atom. The zero-order chi connectivity index (χ0) is 14.6. The van der Waals surface area contributed by atoms with Gasteiger partial charge >= 0.3 is 0 Å². The Morgan fingerprint density at radius 2 is 2.15 bits per heavy atom. The molecule has 0 spiro atoms. The molecule has 0 unspecified atom stereocenters.